The molecule has 1 N–H and O–H groups in total. The van der Waals surface area contributed by atoms with Crippen molar-refractivity contribution in [1.29, 1.82) is 0 Å². The highest BCUT2D eigenvalue weighted by Crippen LogP contribution is 2.23. The van der Waals surface area contributed by atoms with E-state index in [-0.39, 0.29) is 13.1 Å². The van der Waals surface area contributed by atoms with Gasteiger partial charge in [-0.15, -0.1) is 0 Å². The summed E-state index contributed by atoms with van der Waals surface area (Å²) in [6.45, 7) is 0.901. The van der Waals surface area contributed by atoms with Gasteiger partial charge in [0.15, 0.2) is 0 Å². The van der Waals surface area contributed by atoms with Crippen molar-refractivity contribution in [2.24, 2.45) is 0 Å². The Morgan fingerprint density at radius 3 is 2.58 bits per heavy atom. The average molecular weight is 292 g/mol. The third kappa shape index (κ3) is 3.25. The molecule has 9 heteroatoms. The molecule has 0 aliphatic rings. The molecule has 0 aromatic heterocycles. The summed E-state index contributed by atoms with van der Waals surface area (Å²) in [6, 6.07) is 2.29. The molecule has 0 bridgehead atoms. The van der Waals surface area contributed by atoms with Gasteiger partial charge in [0.25, 0.3) is 5.69 Å². The number of non-ortho nitro benzene ring substituents is 1. The molecule has 0 atom stereocenters. The Morgan fingerprint density at radius 1 is 1.47 bits per heavy atom. The van der Waals surface area contributed by atoms with Crippen LogP contribution >= 0.6 is 0 Å². The maximum absolute atomic E-state index is 13.6. The molecule has 0 heterocycles. The number of rotatable bonds is 6. The van der Waals surface area contributed by atoms with E-state index in [1.165, 1.54) is 6.92 Å². The van der Waals surface area contributed by atoms with Gasteiger partial charge in [-0.25, -0.2) is 12.8 Å². The number of hydrogen-bond donors (Lipinski definition) is 1. The summed E-state index contributed by atoms with van der Waals surface area (Å²) in [7, 11) is -4.21. The summed E-state index contributed by atoms with van der Waals surface area (Å²) in [6.07, 6.45) is 0. The summed E-state index contributed by atoms with van der Waals surface area (Å²) in [4.78, 5) is 9.02. The highest BCUT2D eigenvalue weighted by molar-refractivity contribution is 7.89. The fourth-order valence-corrected chi connectivity index (χ4v) is 3.03. The summed E-state index contributed by atoms with van der Waals surface area (Å²) >= 11 is 0. The van der Waals surface area contributed by atoms with Crippen molar-refractivity contribution >= 4 is 15.7 Å². The number of aliphatic hydroxyl groups is 1. The molecule has 0 unspecified atom stereocenters. The number of aliphatic hydroxyl groups excluding tert-OH is 1. The fourth-order valence-electron chi connectivity index (χ4n) is 1.50. The number of nitro groups is 1. The molecule has 0 amide bonds. The molecule has 0 saturated carbocycles. The van der Waals surface area contributed by atoms with Crippen LogP contribution < -0.4 is 0 Å². The van der Waals surface area contributed by atoms with Crippen LogP contribution in [-0.4, -0.2) is 42.4 Å². The van der Waals surface area contributed by atoms with Crippen molar-refractivity contribution in [3.05, 3.63) is 34.1 Å². The van der Waals surface area contributed by atoms with E-state index in [4.69, 9.17) is 5.11 Å². The Morgan fingerprint density at radius 2 is 2.11 bits per heavy atom. The largest absolute Gasteiger partial charge is 0.395 e. The zero-order valence-electron chi connectivity index (χ0n) is 10.1. The molecule has 0 fully saturated rings. The average Bonchev–Trinajstić information content (AvgIpc) is 2.35. The van der Waals surface area contributed by atoms with Crippen molar-refractivity contribution in [1.82, 2.24) is 4.31 Å². The Kier molecular flexibility index (Phi) is 4.92. The molecule has 0 spiro atoms. The minimum Gasteiger partial charge on any atom is -0.395 e. The normalized spacial score (nSPS) is 11.8. The molecule has 0 saturated heterocycles. The quantitative estimate of drug-likeness (QED) is 0.615. The lowest BCUT2D eigenvalue weighted by Gasteiger charge is -2.19. The summed E-state index contributed by atoms with van der Waals surface area (Å²) < 4.78 is 38.6. The van der Waals surface area contributed by atoms with Crippen LogP contribution in [0.5, 0.6) is 0 Å². The van der Waals surface area contributed by atoms with Crippen LogP contribution in [0.4, 0.5) is 10.1 Å². The first-order valence-electron chi connectivity index (χ1n) is 5.39. The molecule has 1 aromatic carbocycles. The fraction of sp³-hybridized carbons (Fsp3) is 0.400. The van der Waals surface area contributed by atoms with E-state index >= 15 is 0 Å². The summed E-state index contributed by atoms with van der Waals surface area (Å²) in [5.41, 5.74) is -0.514. The van der Waals surface area contributed by atoms with Gasteiger partial charge in [-0.3, -0.25) is 10.1 Å². The third-order valence-corrected chi connectivity index (χ3v) is 4.43. The molecule has 0 radical (unpaired) electrons. The van der Waals surface area contributed by atoms with Crippen molar-refractivity contribution in [3.8, 4) is 0 Å². The number of hydrogen-bond acceptors (Lipinski definition) is 5. The Bertz CT molecular complexity index is 575. The maximum atomic E-state index is 13.6. The number of benzene rings is 1. The van der Waals surface area contributed by atoms with Crippen molar-refractivity contribution in [3.63, 3.8) is 0 Å². The number of nitro benzene ring substituents is 1. The second-order valence-electron chi connectivity index (χ2n) is 3.59. The number of likely N-dealkylation sites (N-methyl/N-ethyl adjacent to an activating group) is 1. The molecular weight excluding hydrogens is 279 g/mol. The third-order valence-electron chi connectivity index (χ3n) is 2.45. The van der Waals surface area contributed by atoms with E-state index in [0.717, 1.165) is 16.4 Å². The number of nitrogens with zero attached hydrogens (tertiary/aromatic N) is 2. The molecule has 7 nitrogen and oxygen atoms in total. The molecule has 1 aromatic rings. The molecular formula is C10H13FN2O5S. The predicted octanol–water partition coefficient (Wildman–Crippen LogP) is 0.737. The van der Waals surface area contributed by atoms with E-state index in [2.05, 4.69) is 0 Å². The van der Waals surface area contributed by atoms with Gasteiger partial charge in [0.2, 0.25) is 10.0 Å². The zero-order valence-corrected chi connectivity index (χ0v) is 10.9. The van der Waals surface area contributed by atoms with Gasteiger partial charge in [0.1, 0.15) is 10.7 Å². The zero-order chi connectivity index (χ0) is 14.6. The van der Waals surface area contributed by atoms with E-state index in [1.807, 2.05) is 0 Å². The minimum atomic E-state index is -4.21. The van der Waals surface area contributed by atoms with Gasteiger partial charge in [0, 0.05) is 25.2 Å². The highest BCUT2D eigenvalue weighted by Gasteiger charge is 2.28. The predicted molar refractivity (Wildman–Crippen MR) is 64.6 cm³/mol. The van der Waals surface area contributed by atoms with Crippen molar-refractivity contribution in [2.45, 2.75) is 11.8 Å². The Labute approximate surface area is 109 Å². The summed E-state index contributed by atoms with van der Waals surface area (Å²) in [5.74, 6) is -1.07. The topological polar surface area (TPSA) is 101 Å². The number of halogens is 1. The van der Waals surface area contributed by atoms with Gasteiger partial charge in [-0.1, -0.05) is 6.92 Å². The molecule has 1 rings (SSSR count). The SMILES string of the molecule is CCN(CCO)S(=O)(=O)c1cc([N+](=O)[O-])ccc1F. The van der Waals surface area contributed by atoms with Gasteiger partial charge in [-0.2, -0.15) is 4.31 Å². The molecule has 0 aliphatic carbocycles. The van der Waals surface area contributed by atoms with Crippen LogP contribution in [-0.2, 0) is 10.0 Å². The van der Waals surface area contributed by atoms with Crippen LogP contribution in [0, 0.1) is 15.9 Å². The second-order valence-corrected chi connectivity index (χ2v) is 5.50. The maximum Gasteiger partial charge on any atom is 0.270 e. The lowest BCUT2D eigenvalue weighted by molar-refractivity contribution is -0.385. The first-order valence-corrected chi connectivity index (χ1v) is 6.83. The molecule has 106 valence electrons. The van der Waals surface area contributed by atoms with Crippen LogP contribution in [0.15, 0.2) is 23.1 Å². The van der Waals surface area contributed by atoms with Crippen molar-refractivity contribution in [2.75, 3.05) is 19.7 Å². The standard InChI is InChI=1S/C10H13FN2O5S/c1-2-12(5-6-14)19(17,18)10-7-8(13(15)16)3-4-9(10)11/h3-4,7,14H,2,5-6H2,1H3. The van der Waals surface area contributed by atoms with Gasteiger partial charge >= 0.3 is 0 Å². The van der Waals surface area contributed by atoms with Gasteiger partial charge in [0.05, 0.1) is 11.5 Å². The van der Waals surface area contributed by atoms with Gasteiger partial charge < -0.3 is 5.11 Å². The van der Waals surface area contributed by atoms with Gasteiger partial charge in [-0.05, 0) is 6.07 Å². The van der Waals surface area contributed by atoms with E-state index in [0.29, 0.717) is 6.07 Å². The van der Waals surface area contributed by atoms with E-state index in [1.54, 1.807) is 0 Å². The van der Waals surface area contributed by atoms with E-state index in [9.17, 15) is 22.9 Å². The Hall–Kier alpha value is -1.58. The van der Waals surface area contributed by atoms with E-state index < -0.39 is 38.0 Å². The van der Waals surface area contributed by atoms with Crippen molar-refractivity contribution < 1.29 is 22.8 Å². The molecule has 0 aliphatic heterocycles. The summed E-state index contributed by atoms with van der Waals surface area (Å²) in [5, 5.41) is 19.4. The smallest absolute Gasteiger partial charge is 0.270 e. The second kappa shape index (κ2) is 6.04. The lowest BCUT2D eigenvalue weighted by Crippen LogP contribution is -2.33. The van der Waals surface area contributed by atoms with Crippen LogP contribution in [0.3, 0.4) is 0 Å². The number of sulfonamides is 1. The lowest BCUT2D eigenvalue weighted by atomic mass is 10.3. The first kappa shape index (κ1) is 15.5. The first-order chi connectivity index (χ1) is 8.84. The monoisotopic (exact) mass is 292 g/mol. The molecule has 19 heavy (non-hydrogen) atoms. The van der Waals surface area contributed by atoms with Crippen LogP contribution in [0.1, 0.15) is 6.92 Å². The highest BCUT2D eigenvalue weighted by atomic mass is 32.2. The Balaban J connectivity index is 3.34. The van der Waals surface area contributed by atoms with Crippen LogP contribution in [0.25, 0.3) is 0 Å². The minimum absolute atomic E-state index is 0.0189. The van der Waals surface area contributed by atoms with Crippen LogP contribution in [0.2, 0.25) is 0 Å².